The van der Waals surface area contributed by atoms with Crippen LogP contribution in [0, 0.1) is 3.57 Å². The van der Waals surface area contributed by atoms with Crippen LogP contribution in [0.4, 0.5) is 5.82 Å². The lowest BCUT2D eigenvalue weighted by atomic mass is 10.0. The van der Waals surface area contributed by atoms with E-state index in [0.717, 1.165) is 18.8 Å². The van der Waals surface area contributed by atoms with E-state index in [2.05, 4.69) is 62.4 Å². The van der Waals surface area contributed by atoms with Crippen molar-refractivity contribution < 1.29 is 0 Å². The molecule has 0 amide bonds. The van der Waals surface area contributed by atoms with Crippen LogP contribution < -0.4 is 5.32 Å². The number of nitrogens with one attached hydrogen (secondary N) is 2. The maximum absolute atomic E-state index is 4.38. The van der Waals surface area contributed by atoms with Crippen molar-refractivity contribution in [2.75, 3.05) is 11.9 Å². The molecule has 4 heteroatoms. The van der Waals surface area contributed by atoms with E-state index in [9.17, 15) is 0 Å². The Morgan fingerprint density at radius 2 is 1.94 bits per heavy atom. The average molecular weight is 339 g/mol. The molecular formula is C13H14IN3. The Bertz CT molecular complexity index is 516. The Morgan fingerprint density at radius 3 is 2.76 bits per heavy atom. The largest absolute Gasteiger partial charge is 0.368 e. The minimum atomic E-state index is 1.03. The molecule has 0 unspecified atom stereocenters. The molecule has 3 nitrogen and oxygen atoms in total. The second-order valence-corrected chi connectivity index (χ2v) is 5.56. The number of aromatic nitrogens is 2. The van der Waals surface area contributed by atoms with Gasteiger partial charge in [-0.1, -0.05) is 12.1 Å². The number of fused-ring (bicyclic) bond motifs is 1. The molecule has 0 fully saturated rings. The van der Waals surface area contributed by atoms with Gasteiger partial charge in [0, 0.05) is 15.7 Å². The van der Waals surface area contributed by atoms with Crippen molar-refractivity contribution in [2.45, 2.75) is 19.3 Å². The normalized spacial score (nSPS) is 14.9. The molecule has 2 N–H and O–H groups in total. The zero-order valence-corrected chi connectivity index (χ0v) is 11.6. The fourth-order valence-corrected chi connectivity index (χ4v) is 2.60. The zero-order chi connectivity index (χ0) is 11.7. The Morgan fingerprint density at radius 1 is 1.12 bits per heavy atom. The molecule has 0 bridgehead atoms. The van der Waals surface area contributed by atoms with Crippen molar-refractivity contribution in [1.82, 2.24) is 10.2 Å². The van der Waals surface area contributed by atoms with Crippen molar-refractivity contribution in [1.29, 1.82) is 0 Å². The summed E-state index contributed by atoms with van der Waals surface area (Å²) < 4.78 is 1.26. The van der Waals surface area contributed by atoms with Crippen molar-refractivity contribution in [3.05, 3.63) is 33.4 Å². The van der Waals surface area contributed by atoms with Gasteiger partial charge in [-0.3, -0.25) is 5.10 Å². The second-order valence-electron chi connectivity index (χ2n) is 4.32. The number of nitrogens with zero attached hydrogens (tertiary/aromatic N) is 1. The third kappa shape index (κ3) is 2.18. The molecule has 0 radical (unpaired) electrons. The van der Waals surface area contributed by atoms with Crippen molar-refractivity contribution in [3.8, 4) is 11.3 Å². The van der Waals surface area contributed by atoms with Crippen LogP contribution >= 0.6 is 22.6 Å². The van der Waals surface area contributed by atoms with E-state index in [1.165, 1.54) is 33.2 Å². The predicted molar refractivity (Wildman–Crippen MR) is 78.2 cm³/mol. The van der Waals surface area contributed by atoms with Gasteiger partial charge in [0.05, 0.1) is 5.69 Å². The van der Waals surface area contributed by atoms with Gasteiger partial charge in [0.1, 0.15) is 0 Å². The monoisotopic (exact) mass is 339 g/mol. The van der Waals surface area contributed by atoms with Gasteiger partial charge in [0.15, 0.2) is 5.82 Å². The van der Waals surface area contributed by atoms with Crippen LogP contribution in [0.5, 0.6) is 0 Å². The number of rotatable bonds is 1. The molecule has 0 saturated carbocycles. The topological polar surface area (TPSA) is 40.7 Å². The molecular weight excluding hydrogens is 325 g/mol. The Balaban J connectivity index is 2.03. The minimum Gasteiger partial charge on any atom is -0.368 e. The van der Waals surface area contributed by atoms with E-state index in [0.29, 0.717) is 0 Å². The van der Waals surface area contributed by atoms with Crippen LogP contribution in [0.25, 0.3) is 11.3 Å². The molecule has 1 aromatic carbocycles. The third-order valence-corrected chi connectivity index (χ3v) is 3.87. The third-order valence-electron chi connectivity index (χ3n) is 3.15. The lowest BCUT2D eigenvalue weighted by Crippen LogP contribution is -1.99. The molecule has 0 spiro atoms. The van der Waals surface area contributed by atoms with E-state index >= 15 is 0 Å². The minimum absolute atomic E-state index is 1.03. The highest BCUT2D eigenvalue weighted by atomic mass is 127. The van der Waals surface area contributed by atoms with E-state index in [1.807, 2.05) is 0 Å². The summed E-state index contributed by atoms with van der Waals surface area (Å²) in [6.45, 7) is 1.03. The highest BCUT2D eigenvalue weighted by molar-refractivity contribution is 14.1. The van der Waals surface area contributed by atoms with Crippen molar-refractivity contribution >= 4 is 28.4 Å². The first kappa shape index (κ1) is 11.1. The number of hydrogen-bond donors (Lipinski definition) is 2. The molecule has 2 heterocycles. The molecule has 0 aliphatic carbocycles. The molecule has 0 saturated heterocycles. The van der Waals surface area contributed by atoms with Gasteiger partial charge in [-0.15, -0.1) is 0 Å². The Hall–Kier alpha value is -1.04. The molecule has 1 aromatic heterocycles. The van der Waals surface area contributed by atoms with Crippen LogP contribution in [0.1, 0.15) is 18.4 Å². The van der Waals surface area contributed by atoms with Gasteiger partial charge in [-0.25, -0.2) is 0 Å². The van der Waals surface area contributed by atoms with E-state index in [-0.39, 0.29) is 0 Å². The van der Waals surface area contributed by atoms with Gasteiger partial charge in [-0.2, -0.15) is 5.10 Å². The fraction of sp³-hybridized carbons (Fsp3) is 0.308. The van der Waals surface area contributed by atoms with E-state index in [1.54, 1.807) is 0 Å². The second kappa shape index (κ2) is 4.68. The lowest BCUT2D eigenvalue weighted by molar-refractivity contribution is 0.783. The fourth-order valence-electron chi connectivity index (χ4n) is 2.24. The van der Waals surface area contributed by atoms with E-state index in [4.69, 9.17) is 0 Å². The lowest BCUT2D eigenvalue weighted by Gasteiger charge is -2.03. The van der Waals surface area contributed by atoms with Crippen molar-refractivity contribution in [2.24, 2.45) is 0 Å². The molecule has 1 aliphatic rings. The molecule has 3 rings (SSSR count). The van der Waals surface area contributed by atoms with Crippen LogP contribution in [-0.4, -0.2) is 16.7 Å². The van der Waals surface area contributed by atoms with Gasteiger partial charge in [-0.05, 0) is 59.5 Å². The zero-order valence-electron chi connectivity index (χ0n) is 9.46. The Labute approximate surface area is 114 Å². The maximum atomic E-state index is 4.38. The summed E-state index contributed by atoms with van der Waals surface area (Å²) in [7, 11) is 0. The smallest absolute Gasteiger partial charge is 0.151 e. The first-order valence-corrected chi connectivity index (χ1v) is 6.99. The van der Waals surface area contributed by atoms with Crippen LogP contribution in [0.2, 0.25) is 0 Å². The van der Waals surface area contributed by atoms with E-state index < -0.39 is 0 Å². The van der Waals surface area contributed by atoms with Crippen LogP contribution in [0.3, 0.4) is 0 Å². The first-order chi connectivity index (χ1) is 8.34. The quantitative estimate of drug-likeness (QED) is 0.782. The summed E-state index contributed by atoms with van der Waals surface area (Å²) in [5.41, 5.74) is 3.73. The summed E-state index contributed by atoms with van der Waals surface area (Å²) in [6, 6.07) is 8.57. The number of hydrogen-bond acceptors (Lipinski definition) is 2. The number of anilines is 1. The first-order valence-electron chi connectivity index (χ1n) is 5.91. The molecule has 1 aliphatic heterocycles. The van der Waals surface area contributed by atoms with Crippen LogP contribution in [-0.2, 0) is 6.42 Å². The highest BCUT2D eigenvalue weighted by Crippen LogP contribution is 2.30. The van der Waals surface area contributed by atoms with Gasteiger partial charge in [0.25, 0.3) is 0 Å². The predicted octanol–water partition coefficient (Wildman–Crippen LogP) is 3.43. The number of halogens is 1. The molecule has 0 atom stereocenters. The summed E-state index contributed by atoms with van der Waals surface area (Å²) in [5, 5.41) is 10.9. The molecule has 88 valence electrons. The maximum Gasteiger partial charge on any atom is 0.151 e. The number of H-pyrrole nitrogens is 1. The molecule has 17 heavy (non-hydrogen) atoms. The Kier molecular flexibility index (Phi) is 3.05. The summed E-state index contributed by atoms with van der Waals surface area (Å²) in [5.74, 6) is 1.04. The van der Waals surface area contributed by atoms with Crippen LogP contribution in [0.15, 0.2) is 24.3 Å². The highest BCUT2D eigenvalue weighted by Gasteiger charge is 2.16. The average Bonchev–Trinajstić information content (AvgIpc) is 2.60. The van der Waals surface area contributed by atoms with Gasteiger partial charge in [0.2, 0.25) is 0 Å². The SMILES string of the molecule is Ic1ccc(-c2[nH]nc3c2CCCCN3)cc1. The summed E-state index contributed by atoms with van der Waals surface area (Å²) in [6.07, 6.45) is 3.57. The standard InChI is InChI=1S/C13H14IN3/c14-10-6-4-9(5-7-10)12-11-3-1-2-8-15-13(11)17-16-12/h4-7H,1-3,8H2,(H2,15,16,17). The van der Waals surface area contributed by atoms with Gasteiger partial charge < -0.3 is 5.32 Å². The van der Waals surface area contributed by atoms with Gasteiger partial charge >= 0.3 is 0 Å². The molecule has 2 aromatic rings. The summed E-state index contributed by atoms with van der Waals surface area (Å²) >= 11 is 2.33. The summed E-state index contributed by atoms with van der Waals surface area (Å²) in [4.78, 5) is 0. The number of benzene rings is 1. The van der Waals surface area contributed by atoms with Crippen molar-refractivity contribution in [3.63, 3.8) is 0 Å². The number of aromatic amines is 1.